The molecular formula is C53H79N9O8S6. The van der Waals surface area contributed by atoms with E-state index in [2.05, 4.69) is 77.1 Å². The van der Waals surface area contributed by atoms with Crippen LogP contribution in [0.25, 0.3) is 33.4 Å². The number of benzene rings is 1. The van der Waals surface area contributed by atoms with Gasteiger partial charge in [0.15, 0.2) is 0 Å². The number of likely N-dealkylation sites (tertiary alicyclic amines) is 1. The molecule has 4 aliphatic heterocycles. The molecule has 4 amide bonds. The number of ether oxygens (including phenoxy) is 3. The van der Waals surface area contributed by atoms with Crippen LogP contribution in [0.5, 0.6) is 0 Å². The van der Waals surface area contributed by atoms with E-state index in [1.807, 2.05) is 32.2 Å². The molecule has 1 aromatic carbocycles. The Balaban J connectivity index is 0.00000304. The molecule has 0 aliphatic carbocycles. The highest BCUT2D eigenvalue weighted by atomic mass is 32.1. The Bertz CT molecular complexity index is 2700. The van der Waals surface area contributed by atoms with Gasteiger partial charge in [-0.3, -0.25) is 38.9 Å². The maximum absolute atomic E-state index is 14.7. The molecule has 6 bridgehead atoms. The van der Waals surface area contributed by atoms with Crippen LogP contribution in [0.1, 0.15) is 83.2 Å². The molecule has 17 nitrogen and oxygen atoms in total. The number of nitrogens with zero attached hydrogens (tertiary/aromatic N) is 7. The van der Waals surface area contributed by atoms with Crippen LogP contribution < -0.4 is 10.7 Å². The maximum Gasteiger partial charge on any atom is 0.324 e. The minimum atomic E-state index is -1.10. The van der Waals surface area contributed by atoms with Crippen LogP contribution in [0.3, 0.4) is 0 Å². The number of morpholine rings is 1. The van der Waals surface area contributed by atoms with Crippen LogP contribution in [0.15, 0.2) is 41.9 Å². The lowest BCUT2D eigenvalue weighted by Gasteiger charge is -2.36. The molecule has 0 saturated carbocycles. The maximum atomic E-state index is 14.7. The minimum absolute atomic E-state index is 0. The third-order valence-corrected chi connectivity index (χ3v) is 15.1. The van der Waals surface area contributed by atoms with E-state index in [4.69, 9.17) is 24.2 Å². The molecule has 7 heterocycles. The number of esters is 1. The monoisotopic (exact) mass is 1160 g/mol. The second kappa shape index (κ2) is 29.3. The SMILES string of the molecule is CCn1c(-c2cccnc2[C@H](C)OC)c2c3cc(ccc31)-c1csc(n1)C[C@H](NC(=O)[C@H](C(C)C)N(C)C(=O)[C@H]1CCN(C(=O)C#CCN3CCOCC3)C1)C(=O)N1CCC[C@H](N1)C(=O)OCC(C)(C)C2.S.S.S.S.S. The topological polar surface area (TPSA) is 181 Å². The van der Waals surface area contributed by atoms with Gasteiger partial charge in [-0.1, -0.05) is 39.7 Å². The Kier molecular flexibility index (Phi) is 25.6. The highest BCUT2D eigenvalue weighted by Crippen LogP contribution is 2.42. The first-order chi connectivity index (χ1) is 34.1. The summed E-state index contributed by atoms with van der Waals surface area (Å²) in [5.74, 6) is 2.92. The summed E-state index contributed by atoms with van der Waals surface area (Å²) in [6.45, 7) is 17.1. The summed E-state index contributed by atoms with van der Waals surface area (Å²) in [6.07, 6.45) is 3.60. The fraction of sp³-hybridized carbons (Fsp3) is 0.566. The number of carbonyl (C=O) groups excluding carboxylic acids is 5. The summed E-state index contributed by atoms with van der Waals surface area (Å²) >= 11 is 1.40. The van der Waals surface area contributed by atoms with Crippen molar-refractivity contribution in [3.8, 4) is 34.4 Å². The summed E-state index contributed by atoms with van der Waals surface area (Å²) in [4.78, 5) is 85.6. The van der Waals surface area contributed by atoms with Crippen molar-refractivity contribution in [1.29, 1.82) is 0 Å². The molecule has 4 aromatic rings. The predicted molar refractivity (Wildman–Crippen MR) is 322 cm³/mol. The van der Waals surface area contributed by atoms with Gasteiger partial charge in [0.1, 0.15) is 18.1 Å². The molecule has 420 valence electrons. The van der Waals surface area contributed by atoms with Crippen molar-refractivity contribution in [1.82, 2.24) is 45.0 Å². The number of fused-ring (bicyclic) bond motifs is 6. The summed E-state index contributed by atoms with van der Waals surface area (Å²) in [5.41, 5.74) is 9.24. The molecule has 2 N–H and O–H groups in total. The number of pyridine rings is 1. The number of nitrogens with one attached hydrogen (secondary N) is 2. The van der Waals surface area contributed by atoms with Gasteiger partial charge in [-0.05, 0) is 81.2 Å². The van der Waals surface area contributed by atoms with Crippen molar-refractivity contribution in [2.24, 2.45) is 17.3 Å². The first-order valence-electron chi connectivity index (χ1n) is 25.0. The number of thiazole rings is 1. The van der Waals surface area contributed by atoms with Gasteiger partial charge in [0, 0.05) is 98.9 Å². The number of amides is 4. The molecule has 5 atom stereocenters. The average Bonchev–Trinajstić information content (AvgIpc) is 4.13. The summed E-state index contributed by atoms with van der Waals surface area (Å²) in [5, 5.41) is 8.11. The van der Waals surface area contributed by atoms with E-state index in [1.54, 1.807) is 25.3 Å². The fourth-order valence-electron chi connectivity index (χ4n) is 10.4. The van der Waals surface area contributed by atoms with Gasteiger partial charge in [0.2, 0.25) is 11.8 Å². The van der Waals surface area contributed by atoms with Crippen LogP contribution in [0.4, 0.5) is 0 Å². The van der Waals surface area contributed by atoms with E-state index >= 15 is 0 Å². The smallest absolute Gasteiger partial charge is 0.324 e. The number of aromatic nitrogens is 3. The number of hydrogen-bond donors (Lipinski definition) is 2. The van der Waals surface area contributed by atoms with Gasteiger partial charge in [-0.25, -0.2) is 10.4 Å². The average molecular weight is 1160 g/mol. The molecule has 0 unspecified atom stereocenters. The van der Waals surface area contributed by atoms with E-state index < -0.39 is 47.2 Å². The van der Waals surface area contributed by atoms with Crippen LogP contribution in [-0.2, 0) is 57.6 Å². The van der Waals surface area contributed by atoms with Crippen molar-refractivity contribution in [3.63, 3.8) is 0 Å². The largest absolute Gasteiger partial charge is 0.464 e. The van der Waals surface area contributed by atoms with E-state index in [0.717, 1.165) is 57.8 Å². The fourth-order valence-corrected chi connectivity index (χ4v) is 11.2. The first-order valence-corrected chi connectivity index (χ1v) is 25.9. The molecule has 4 aliphatic rings. The third kappa shape index (κ3) is 15.0. The van der Waals surface area contributed by atoms with Gasteiger partial charge in [-0.15, -0.1) is 11.3 Å². The molecule has 0 spiro atoms. The zero-order chi connectivity index (χ0) is 50.6. The lowest BCUT2D eigenvalue weighted by atomic mass is 9.84. The summed E-state index contributed by atoms with van der Waals surface area (Å²) in [6, 6.07) is 7.58. The molecule has 3 saturated heterocycles. The number of hydrogen-bond acceptors (Lipinski definition) is 13. The van der Waals surface area contributed by atoms with Crippen molar-refractivity contribution in [2.45, 2.75) is 104 Å². The number of likely N-dealkylation sites (N-methyl/N-ethyl adjacent to an activating group) is 1. The van der Waals surface area contributed by atoms with E-state index in [1.165, 1.54) is 21.2 Å². The van der Waals surface area contributed by atoms with Gasteiger partial charge < -0.3 is 33.9 Å². The Labute approximate surface area is 486 Å². The van der Waals surface area contributed by atoms with Crippen molar-refractivity contribution in [2.75, 3.05) is 73.2 Å². The highest BCUT2D eigenvalue weighted by molar-refractivity contribution is 7.60. The Morgan fingerprint density at radius 2 is 1.76 bits per heavy atom. The lowest BCUT2D eigenvalue weighted by molar-refractivity contribution is -0.155. The number of cyclic esters (lactones) is 1. The molecule has 3 fully saturated rings. The number of hydrazine groups is 1. The number of methoxy groups -OCH3 is 1. The van der Waals surface area contributed by atoms with Crippen LogP contribution >= 0.6 is 78.8 Å². The van der Waals surface area contributed by atoms with Crippen molar-refractivity contribution < 1.29 is 38.2 Å². The minimum Gasteiger partial charge on any atom is -0.464 e. The predicted octanol–water partition coefficient (Wildman–Crippen LogP) is 5.43. The second-order valence-corrected chi connectivity index (χ2v) is 21.3. The standard InChI is InChI=1S/C53H69N9O8S.5H2S/c1-9-61-43-17-16-35-27-38(43)39(48(61)37-13-10-19-54-46(37)34(4)68-8)29-53(5,6)32-70-52(67)40-14-11-21-62(57-40)51(66)41(28-44-55-42(35)31-71-44)56-49(64)47(33(2)3)58(7)50(65)36-18-22-60(30-36)45(63)15-12-20-59-23-25-69-26-24-59;;;;;/h10,13,16-17,19,27,31,33-34,36,40-41,47,57H,9,11,14,18,20-26,28-30,32H2,1-8H3,(H,56,64);5*1H2/t34-,36-,40-,41-,47-;;;;;/m0...../s1. The van der Waals surface area contributed by atoms with E-state index in [9.17, 15) is 24.0 Å². The van der Waals surface area contributed by atoms with Crippen LogP contribution in [0, 0.1) is 29.1 Å². The van der Waals surface area contributed by atoms with Gasteiger partial charge in [0.25, 0.3) is 11.8 Å². The summed E-state index contributed by atoms with van der Waals surface area (Å²) < 4.78 is 19.7. The molecule has 3 aromatic heterocycles. The van der Waals surface area contributed by atoms with E-state index in [-0.39, 0.29) is 111 Å². The lowest BCUT2D eigenvalue weighted by Crippen LogP contribution is -2.62. The van der Waals surface area contributed by atoms with Crippen molar-refractivity contribution in [3.05, 3.63) is 58.2 Å². The number of carbonyl (C=O) groups is 5. The molecule has 23 heteroatoms. The molecule has 76 heavy (non-hydrogen) atoms. The zero-order valence-electron chi connectivity index (χ0n) is 44.9. The summed E-state index contributed by atoms with van der Waals surface area (Å²) in [7, 11) is 3.29. The quantitative estimate of drug-likeness (QED) is 0.152. The molecule has 8 rings (SSSR count). The van der Waals surface area contributed by atoms with Gasteiger partial charge >= 0.3 is 5.97 Å². The molecular weight excluding hydrogens is 1080 g/mol. The number of aryl methyl sites for hydroxylation is 1. The normalized spacial score (nSPS) is 20.4. The Morgan fingerprint density at radius 3 is 2.46 bits per heavy atom. The second-order valence-electron chi connectivity index (χ2n) is 20.3. The van der Waals surface area contributed by atoms with Crippen LogP contribution in [0.2, 0.25) is 0 Å². The Hall–Kier alpha value is -3.96. The first kappa shape index (κ1) is 66.3. The van der Waals surface area contributed by atoms with E-state index in [0.29, 0.717) is 70.1 Å². The van der Waals surface area contributed by atoms with Gasteiger partial charge in [-0.2, -0.15) is 67.5 Å². The van der Waals surface area contributed by atoms with Crippen molar-refractivity contribution >= 4 is 119 Å². The highest BCUT2D eigenvalue weighted by Gasteiger charge is 2.40. The zero-order valence-corrected chi connectivity index (χ0v) is 50.7. The molecule has 0 radical (unpaired) electrons. The van der Waals surface area contributed by atoms with Gasteiger partial charge in [0.05, 0.1) is 60.5 Å². The third-order valence-electron chi connectivity index (χ3n) is 14.2. The number of rotatable bonds is 10. The Morgan fingerprint density at radius 1 is 1.03 bits per heavy atom. The van der Waals surface area contributed by atoms with Crippen LogP contribution in [-0.4, -0.2) is 155 Å².